The predicted octanol–water partition coefficient (Wildman–Crippen LogP) is 1.56. The molecule has 2 N–H and O–H groups in total. The van der Waals surface area contributed by atoms with Gasteiger partial charge in [0.25, 0.3) is 5.91 Å². The number of carbonyl (C=O) groups excluding carboxylic acids is 1. The number of hydrogen-bond donors (Lipinski definition) is 2. The van der Waals surface area contributed by atoms with E-state index in [0.29, 0.717) is 12.1 Å². The molecule has 0 aliphatic rings. The number of hydrogen-bond acceptors (Lipinski definition) is 3. The summed E-state index contributed by atoms with van der Waals surface area (Å²) in [5.74, 6) is -0.0918. The standard InChI is InChI=1S/C11H17NO3/c13-7-4-2-1-3-6-12-11(14)10-5-8-15-9-10/h5,8-9,13H,1-4,6-7H2,(H,12,14). The minimum absolute atomic E-state index is 0.0918. The van der Waals surface area contributed by atoms with E-state index < -0.39 is 0 Å². The molecule has 4 nitrogen and oxygen atoms in total. The van der Waals surface area contributed by atoms with Gasteiger partial charge in [-0.3, -0.25) is 4.79 Å². The van der Waals surface area contributed by atoms with E-state index >= 15 is 0 Å². The Morgan fingerprint density at radius 3 is 2.80 bits per heavy atom. The molecule has 1 heterocycles. The summed E-state index contributed by atoms with van der Waals surface area (Å²) in [6, 6.07) is 1.64. The van der Waals surface area contributed by atoms with Gasteiger partial charge in [-0.05, 0) is 18.9 Å². The lowest BCUT2D eigenvalue weighted by Crippen LogP contribution is -2.23. The van der Waals surface area contributed by atoms with Gasteiger partial charge >= 0.3 is 0 Å². The Hall–Kier alpha value is -1.29. The highest BCUT2D eigenvalue weighted by Gasteiger charge is 2.04. The molecule has 1 amide bonds. The third-order valence-corrected chi connectivity index (χ3v) is 2.15. The monoisotopic (exact) mass is 211 g/mol. The van der Waals surface area contributed by atoms with Crippen LogP contribution in [0.4, 0.5) is 0 Å². The Balaban J connectivity index is 2.03. The van der Waals surface area contributed by atoms with Crippen LogP contribution in [0.25, 0.3) is 0 Å². The highest BCUT2D eigenvalue weighted by molar-refractivity contribution is 5.93. The highest BCUT2D eigenvalue weighted by Crippen LogP contribution is 2.00. The third-order valence-electron chi connectivity index (χ3n) is 2.15. The molecule has 0 bridgehead atoms. The van der Waals surface area contributed by atoms with Crippen LogP contribution < -0.4 is 5.32 Å². The van der Waals surface area contributed by atoms with Crippen LogP contribution in [0, 0.1) is 0 Å². The van der Waals surface area contributed by atoms with Crippen LogP contribution in [0.2, 0.25) is 0 Å². The summed E-state index contributed by atoms with van der Waals surface area (Å²) in [4.78, 5) is 11.4. The van der Waals surface area contributed by atoms with Gasteiger partial charge < -0.3 is 14.8 Å². The number of amides is 1. The number of aliphatic hydroxyl groups excluding tert-OH is 1. The van der Waals surface area contributed by atoms with Crippen molar-refractivity contribution in [1.29, 1.82) is 0 Å². The van der Waals surface area contributed by atoms with Gasteiger partial charge in [-0.25, -0.2) is 0 Å². The zero-order valence-corrected chi connectivity index (χ0v) is 8.74. The van der Waals surface area contributed by atoms with Crippen molar-refractivity contribution in [3.05, 3.63) is 24.2 Å². The molecule has 0 aliphatic heterocycles. The van der Waals surface area contributed by atoms with E-state index in [-0.39, 0.29) is 12.5 Å². The zero-order valence-electron chi connectivity index (χ0n) is 8.74. The molecule has 0 aliphatic carbocycles. The Kier molecular flexibility index (Phi) is 5.55. The van der Waals surface area contributed by atoms with Crippen molar-refractivity contribution in [1.82, 2.24) is 5.32 Å². The van der Waals surface area contributed by atoms with Crippen LogP contribution in [0.15, 0.2) is 23.0 Å². The summed E-state index contributed by atoms with van der Waals surface area (Å²) in [6.45, 7) is 0.927. The topological polar surface area (TPSA) is 62.5 Å². The van der Waals surface area contributed by atoms with Gasteiger partial charge in [0.05, 0.1) is 11.8 Å². The largest absolute Gasteiger partial charge is 0.472 e. The van der Waals surface area contributed by atoms with Gasteiger partial charge in [0.1, 0.15) is 6.26 Å². The average molecular weight is 211 g/mol. The summed E-state index contributed by atoms with van der Waals surface area (Å²) < 4.78 is 4.81. The Morgan fingerprint density at radius 2 is 2.13 bits per heavy atom. The quantitative estimate of drug-likeness (QED) is 0.673. The first-order valence-electron chi connectivity index (χ1n) is 5.26. The predicted molar refractivity (Wildman–Crippen MR) is 56.6 cm³/mol. The minimum Gasteiger partial charge on any atom is -0.472 e. The van der Waals surface area contributed by atoms with Crippen molar-refractivity contribution < 1.29 is 14.3 Å². The van der Waals surface area contributed by atoms with E-state index in [1.54, 1.807) is 6.07 Å². The molecule has 4 heteroatoms. The molecule has 0 unspecified atom stereocenters. The molecular formula is C11H17NO3. The fraction of sp³-hybridized carbons (Fsp3) is 0.545. The number of rotatable bonds is 7. The SMILES string of the molecule is O=C(NCCCCCCO)c1ccoc1. The van der Waals surface area contributed by atoms with E-state index in [2.05, 4.69) is 5.32 Å². The first-order chi connectivity index (χ1) is 7.34. The number of carbonyl (C=O) groups is 1. The van der Waals surface area contributed by atoms with Crippen LogP contribution in [0.5, 0.6) is 0 Å². The lowest BCUT2D eigenvalue weighted by molar-refractivity contribution is 0.0952. The molecule has 0 saturated heterocycles. The van der Waals surface area contributed by atoms with Gasteiger partial charge in [0.15, 0.2) is 0 Å². The van der Waals surface area contributed by atoms with Crippen LogP contribution in [0.3, 0.4) is 0 Å². The molecule has 1 aromatic rings. The smallest absolute Gasteiger partial charge is 0.254 e. The van der Waals surface area contributed by atoms with Crippen LogP contribution in [-0.4, -0.2) is 24.2 Å². The molecule has 15 heavy (non-hydrogen) atoms. The molecule has 0 radical (unpaired) electrons. The van der Waals surface area contributed by atoms with Crippen molar-refractivity contribution in [2.45, 2.75) is 25.7 Å². The lowest BCUT2D eigenvalue weighted by atomic mass is 10.2. The van der Waals surface area contributed by atoms with Gasteiger partial charge in [-0.1, -0.05) is 12.8 Å². The Labute approximate surface area is 89.3 Å². The Bertz CT molecular complexity index is 269. The second-order valence-corrected chi connectivity index (χ2v) is 3.41. The third kappa shape index (κ3) is 4.65. The lowest BCUT2D eigenvalue weighted by Gasteiger charge is -2.02. The van der Waals surface area contributed by atoms with Crippen LogP contribution in [-0.2, 0) is 0 Å². The van der Waals surface area contributed by atoms with Gasteiger partial charge in [-0.15, -0.1) is 0 Å². The molecule has 84 valence electrons. The van der Waals surface area contributed by atoms with Crippen molar-refractivity contribution in [3.8, 4) is 0 Å². The number of nitrogens with one attached hydrogen (secondary N) is 1. The average Bonchev–Trinajstić information content (AvgIpc) is 2.76. The fourth-order valence-corrected chi connectivity index (χ4v) is 1.29. The van der Waals surface area contributed by atoms with Crippen molar-refractivity contribution >= 4 is 5.91 Å². The molecule has 0 aromatic carbocycles. The molecule has 1 aromatic heterocycles. The second kappa shape index (κ2) is 7.06. The fourth-order valence-electron chi connectivity index (χ4n) is 1.29. The number of unbranched alkanes of at least 4 members (excludes halogenated alkanes) is 3. The Morgan fingerprint density at radius 1 is 1.33 bits per heavy atom. The molecular weight excluding hydrogens is 194 g/mol. The molecule has 1 rings (SSSR count). The molecule has 0 saturated carbocycles. The first-order valence-corrected chi connectivity index (χ1v) is 5.26. The van der Waals surface area contributed by atoms with Crippen LogP contribution >= 0.6 is 0 Å². The van der Waals surface area contributed by atoms with Crippen LogP contribution in [0.1, 0.15) is 36.0 Å². The van der Waals surface area contributed by atoms with Crippen molar-refractivity contribution in [3.63, 3.8) is 0 Å². The zero-order chi connectivity index (χ0) is 10.9. The maximum Gasteiger partial charge on any atom is 0.254 e. The first kappa shape index (κ1) is 11.8. The maximum atomic E-state index is 11.4. The highest BCUT2D eigenvalue weighted by atomic mass is 16.3. The van der Waals surface area contributed by atoms with E-state index in [4.69, 9.17) is 9.52 Å². The van der Waals surface area contributed by atoms with Crippen molar-refractivity contribution in [2.75, 3.05) is 13.2 Å². The summed E-state index contributed by atoms with van der Waals surface area (Å²) in [6.07, 6.45) is 6.75. The molecule has 0 fully saturated rings. The van der Waals surface area contributed by atoms with E-state index in [1.165, 1.54) is 12.5 Å². The van der Waals surface area contributed by atoms with Gasteiger partial charge in [0, 0.05) is 13.2 Å². The maximum absolute atomic E-state index is 11.4. The number of aliphatic hydroxyl groups is 1. The van der Waals surface area contributed by atoms with E-state index in [1.807, 2.05) is 0 Å². The van der Waals surface area contributed by atoms with E-state index in [9.17, 15) is 4.79 Å². The van der Waals surface area contributed by atoms with Crippen molar-refractivity contribution in [2.24, 2.45) is 0 Å². The normalized spacial score (nSPS) is 10.2. The molecule has 0 spiro atoms. The van der Waals surface area contributed by atoms with Gasteiger partial charge in [-0.2, -0.15) is 0 Å². The summed E-state index contributed by atoms with van der Waals surface area (Å²) in [7, 11) is 0. The molecule has 0 atom stereocenters. The number of furan rings is 1. The summed E-state index contributed by atoms with van der Waals surface area (Å²) in [5.41, 5.74) is 0.561. The summed E-state index contributed by atoms with van der Waals surface area (Å²) in [5, 5.41) is 11.4. The van der Waals surface area contributed by atoms with E-state index in [0.717, 1.165) is 25.7 Å². The minimum atomic E-state index is -0.0918. The summed E-state index contributed by atoms with van der Waals surface area (Å²) >= 11 is 0. The van der Waals surface area contributed by atoms with Gasteiger partial charge in [0.2, 0.25) is 0 Å². The second-order valence-electron chi connectivity index (χ2n) is 3.41.